The molecule has 0 bridgehead atoms. The SMILES string of the molecule is CCOC(=O)CC1CCCn2c1cc1c(S(C)(=O)=O)ccnc12. The van der Waals surface area contributed by atoms with Gasteiger partial charge in [0.15, 0.2) is 9.84 Å². The van der Waals surface area contributed by atoms with Gasteiger partial charge in [0.25, 0.3) is 0 Å². The van der Waals surface area contributed by atoms with Crippen LogP contribution in [0.3, 0.4) is 0 Å². The summed E-state index contributed by atoms with van der Waals surface area (Å²) >= 11 is 0. The molecule has 3 rings (SSSR count). The van der Waals surface area contributed by atoms with Gasteiger partial charge in [-0.1, -0.05) is 0 Å². The lowest BCUT2D eigenvalue weighted by atomic mass is 9.93. The van der Waals surface area contributed by atoms with E-state index in [4.69, 9.17) is 4.74 Å². The summed E-state index contributed by atoms with van der Waals surface area (Å²) in [5, 5.41) is 0.640. The van der Waals surface area contributed by atoms with E-state index in [1.807, 2.05) is 10.6 Å². The lowest BCUT2D eigenvalue weighted by Crippen LogP contribution is -2.19. The number of nitrogens with zero attached hydrogens (tertiary/aromatic N) is 2. The molecule has 2 aromatic heterocycles. The zero-order valence-electron chi connectivity index (χ0n) is 13.3. The summed E-state index contributed by atoms with van der Waals surface area (Å²) in [6.07, 6.45) is 4.88. The van der Waals surface area contributed by atoms with Crippen molar-refractivity contribution >= 4 is 26.8 Å². The van der Waals surface area contributed by atoms with Gasteiger partial charge in [-0.15, -0.1) is 0 Å². The van der Waals surface area contributed by atoms with E-state index in [-0.39, 0.29) is 11.9 Å². The number of carbonyl (C=O) groups excluding carboxylic acids is 1. The molecule has 23 heavy (non-hydrogen) atoms. The normalized spacial score (nSPS) is 17.9. The summed E-state index contributed by atoms with van der Waals surface area (Å²) < 4.78 is 31.1. The number of aromatic nitrogens is 2. The monoisotopic (exact) mass is 336 g/mol. The van der Waals surface area contributed by atoms with Crippen LogP contribution in [0.15, 0.2) is 23.2 Å². The number of ether oxygens (including phenoxy) is 1. The molecule has 0 fully saturated rings. The van der Waals surface area contributed by atoms with E-state index in [1.165, 1.54) is 18.5 Å². The second kappa shape index (κ2) is 5.96. The molecule has 1 atom stereocenters. The van der Waals surface area contributed by atoms with E-state index in [1.54, 1.807) is 6.92 Å². The van der Waals surface area contributed by atoms with Gasteiger partial charge in [0, 0.05) is 36.0 Å². The first-order valence-electron chi connectivity index (χ1n) is 7.75. The predicted molar refractivity (Wildman–Crippen MR) is 86.1 cm³/mol. The van der Waals surface area contributed by atoms with Gasteiger partial charge in [0.2, 0.25) is 0 Å². The highest BCUT2D eigenvalue weighted by Gasteiger charge is 2.27. The van der Waals surface area contributed by atoms with E-state index in [9.17, 15) is 13.2 Å². The minimum absolute atomic E-state index is 0.0458. The van der Waals surface area contributed by atoms with E-state index in [0.717, 1.165) is 25.1 Å². The standard InChI is InChI=1S/C16H20N2O4S/c1-3-22-15(19)9-11-5-4-8-18-13(11)10-12-14(23(2,20)21)6-7-17-16(12)18/h6-7,10-11H,3-5,8-9H2,1-2H3. The molecule has 3 heterocycles. The first-order chi connectivity index (χ1) is 10.9. The summed E-state index contributed by atoms with van der Waals surface area (Å²) in [5.74, 6) is -0.170. The molecule has 1 aliphatic rings. The van der Waals surface area contributed by atoms with Crippen molar-refractivity contribution in [2.75, 3.05) is 12.9 Å². The van der Waals surface area contributed by atoms with Crippen LogP contribution < -0.4 is 0 Å². The van der Waals surface area contributed by atoms with E-state index in [0.29, 0.717) is 29.0 Å². The molecule has 0 aliphatic carbocycles. The zero-order chi connectivity index (χ0) is 16.6. The Hall–Kier alpha value is -1.89. The number of fused-ring (bicyclic) bond motifs is 3. The van der Waals surface area contributed by atoms with Crippen LogP contribution in [0.25, 0.3) is 11.0 Å². The average Bonchev–Trinajstić information content (AvgIpc) is 2.86. The van der Waals surface area contributed by atoms with Crippen molar-refractivity contribution in [3.63, 3.8) is 0 Å². The molecule has 0 spiro atoms. The summed E-state index contributed by atoms with van der Waals surface area (Å²) in [6, 6.07) is 3.41. The Bertz CT molecular complexity index is 854. The van der Waals surface area contributed by atoms with Crippen LogP contribution in [0.2, 0.25) is 0 Å². The van der Waals surface area contributed by atoms with Crippen molar-refractivity contribution in [2.24, 2.45) is 0 Å². The topological polar surface area (TPSA) is 78.3 Å². The number of esters is 1. The third kappa shape index (κ3) is 2.97. The minimum Gasteiger partial charge on any atom is -0.466 e. The Morgan fingerprint density at radius 3 is 2.96 bits per heavy atom. The van der Waals surface area contributed by atoms with Crippen LogP contribution in [0.1, 0.15) is 37.8 Å². The molecule has 1 unspecified atom stereocenters. The largest absolute Gasteiger partial charge is 0.466 e. The summed E-state index contributed by atoms with van der Waals surface area (Å²) in [7, 11) is -3.32. The zero-order valence-corrected chi connectivity index (χ0v) is 14.1. The summed E-state index contributed by atoms with van der Waals surface area (Å²) in [6.45, 7) is 2.95. The molecule has 2 aromatic rings. The van der Waals surface area contributed by atoms with Crippen molar-refractivity contribution in [1.82, 2.24) is 9.55 Å². The maximum atomic E-state index is 12.0. The van der Waals surface area contributed by atoms with Gasteiger partial charge in [0.05, 0.1) is 17.9 Å². The van der Waals surface area contributed by atoms with Crippen molar-refractivity contribution in [3.05, 3.63) is 24.0 Å². The van der Waals surface area contributed by atoms with Gasteiger partial charge in [-0.25, -0.2) is 13.4 Å². The molecule has 7 heteroatoms. The fourth-order valence-electron chi connectivity index (χ4n) is 3.31. The Kier molecular flexibility index (Phi) is 4.14. The van der Waals surface area contributed by atoms with E-state index >= 15 is 0 Å². The molecule has 0 radical (unpaired) electrons. The Morgan fingerprint density at radius 1 is 1.48 bits per heavy atom. The first kappa shape index (κ1) is 16.0. The highest BCUT2D eigenvalue weighted by atomic mass is 32.2. The van der Waals surface area contributed by atoms with Gasteiger partial charge >= 0.3 is 5.97 Å². The van der Waals surface area contributed by atoms with Crippen LogP contribution in [-0.2, 0) is 25.9 Å². The Morgan fingerprint density at radius 2 is 2.26 bits per heavy atom. The van der Waals surface area contributed by atoms with Gasteiger partial charge in [-0.3, -0.25) is 4.79 Å². The highest BCUT2D eigenvalue weighted by molar-refractivity contribution is 7.91. The molecule has 0 saturated carbocycles. The maximum Gasteiger partial charge on any atom is 0.306 e. The fraction of sp³-hybridized carbons (Fsp3) is 0.500. The lowest BCUT2D eigenvalue weighted by molar-refractivity contribution is -0.143. The van der Waals surface area contributed by atoms with Crippen molar-refractivity contribution < 1.29 is 17.9 Å². The van der Waals surface area contributed by atoms with Crippen LogP contribution in [-0.4, -0.2) is 36.8 Å². The summed E-state index contributed by atoms with van der Waals surface area (Å²) in [4.78, 5) is 16.5. The van der Waals surface area contributed by atoms with E-state index in [2.05, 4.69) is 4.98 Å². The molecule has 0 N–H and O–H groups in total. The molecule has 0 aromatic carbocycles. The molecule has 0 saturated heterocycles. The van der Waals surface area contributed by atoms with Gasteiger partial charge in [-0.2, -0.15) is 0 Å². The predicted octanol–water partition coefficient (Wildman–Crippen LogP) is 2.27. The maximum absolute atomic E-state index is 12.0. The molecular weight excluding hydrogens is 316 g/mol. The first-order valence-corrected chi connectivity index (χ1v) is 9.64. The van der Waals surface area contributed by atoms with Crippen molar-refractivity contribution in [3.8, 4) is 0 Å². The smallest absolute Gasteiger partial charge is 0.306 e. The second-order valence-corrected chi connectivity index (χ2v) is 7.87. The third-order valence-electron chi connectivity index (χ3n) is 4.26. The molecule has 0 amide bonds. The van der Waals surface area contributed by atoms with Crippen molar-refractivity contribution in [2.45, 2.75) is 43.5 Å². The molecule has 124 valence electrons. The van der Waals surface area contributed by atoms with Crippen LogP contribution in [0.5, 0.6) is 0 Å². The average molecular weight is 336 g/mol. The lowest BCUT2D eigenvalue weighted by Gasteiger charge is -2.24. The third-order valence-corrected chi connectivity index (χ3v) is 5.41. The second-order valence-electron chi connectivity index (χ2n) is 5.89. The quantitative estimate of drug-likeness (QED) is 0.800. The fourth-order valence-corrected chi connectivity index (χ4v) is 4.17. The number of hydrogen-bond donors (Lipinski definition) is 0. The number of aryl methyl sites for hydroxylation is 1. The molecular formula is C16H20N2O4S. The number of rotatable bonds is 4. The Labute approximate surface area is 135 Å². The minimum atomic E-state index is -3.32. The Balaban J connectivity index is 2.09. The van der Waals surface area contributed by atoms with E-state index < -0.39 is 9.84 Å². The number of pyridine rings is 1. The number of sulfone groups is 1. The van der Waals surface area contributed by atoms with Gasteiger partial charge in [0.1, 0.15) is 5.65 Å². The summed E-state index contributed by atoms with van der Waals surface area (Å²) in [5.41, 5.74) is 1.65. The van der Waals surface area contributed by atoms with Gasteiger partial charge in [-0.05, 0) is 31.9 Å². The van der Waals surface area contributed by atoms with Gasteiger partial charge < -0.3 is 9.30 Å². The van der Waals surface area contributed by atoms with Crippen LogP contribution >= 0.6 is 0 Å². The van der Waals surface area contributed by atoms with Crippen LogP contribution in [0.4, 0.5) is 0 Å². The highest BCUT2D eigenvalue weighted by Crippen LogP contribution is 2.36. The number of carbonyl (C=O) groups is 1. The van der Waals surface area contributed by atoms with Crippen LogP contribution in [0, 0.1) is 0 Å². The number of hydrogen-bond acceptors (Lipinski definition) is 5. The molecule has 6 nitrogen and oxygen atoms in total. The van der Waals surface area contributed by atoms with Crippen molar-refractivity contribution in [1.29, 1.82) is 0 Å². The molecule has 1 aliphatic heterocycles.